The Bertz CT molecular complexity index is 872. The first kappa shape index (κ1) is 18.5. The largest absolute Gasteiger partial charge is 0.378 e. The number of hydrogen-bond donors (Lipinski definition) is 0. The van der Waals surface area contributed by atoms with Crippen LogP contribution in [0.3, 0.4) is 0 Å². The van der Waals surface area contributed by atoms with Crippen LogP contribution < -0.4 is 14.7 Å². The molecule has 0 amide bonds. The van der Waals surface area contributed by atoms with Gasteiger partial charge in [-0.25, -0.2) is 19.3 Å². The monoisotopic (exact) mass is 399 g/mol. The van der Waals surface area contributed by atoms with E-state index < -0.39 is 0 Å². The van der Waals surface area contributed by atoms with Crippen molar-refractivity contribution in [1.29, 1.82) is 0 Å². The van der Waals surface area contributed by atoms with Gasteiger partial charge in [-0.15, -0.1) is 0 Å². The standard InChI is InChI=1S/C20H26FN7O/c1-26(16-4-6-22-20(25-16)27-8-10-29-11-9-27)15-5-7-28(12-15)19-17(21)18(14-2-3-14)23-13-24-19/h4,6,13-15H,2-3,5,7-12H2,1H3. The van der Waals surface area contributed by atoms with E-state index in [0.717, 1.165) is 50.7 Å². The molecule has 8 nitrogen and oxygen atoms in total. The summed E-state index contributed by atoms with van der Waals surface area (Å²) in [6, 6.07) is 2.17. The number of ether oxygens (including phenoxy) is 1. The van der Waals surface area contributed by atoms with Gasteiger partial charge in [0.05, 0.1) is 18.9 Å². The first-order chi connectivity index (χ1) is 14.2. The van der Waals surface area contributed by atoms with Gasteiger partial charge in [-0.05, 0) is 25.3 Å². The first-order valence-corrected chi connectivity index (χ1v) is 10.3. The number of morpholine rings is 1. The van der Waals surface area contributed by atoms with Crippen molar-refractivity contribution in [1.82, 2.24) is 19.9 Å². The molecule has 1 saturated carbocycles. The molecule has 3 aliphatic rings. The third kappa shape index (κ3) is 3.71. The second-order valence-corrected chi connectivity index (χ2v) is 7.98. The zero-order valence-corrected chi connectivity index (χ0v) is 16.7. The summed E-state index contributed by atoms with van der Waals surface area (Å²) < 4.78 is 20.3. The molecule has 9 heteroatoms. The predicted molar refractivity (Wildman–Crippen MR) is 108 cm³/mol. The topological polar surface area (TPSA) is 70.5 Å². The Labute approximate surface area is 169 Å². The van der Waals surface area contributed by atoms with Gasteiger partial charge in [0, 0.05) is 51.4 Å². The molecule has 1 atom stereocenters. The second kappa shape index (κ2) is 7.70. The van der Waals surface area contributed by atoms with E-state index in [1.807, 2.05) is 24.2 Å². The lowest BCUT2D eigenvalue weighted by Gasteiger charge is -2.29. The van der Waals surface area contributed by atoms with Gasteiger partial charge >= 0.3 is 0 Å². The molecule has 2 aromatic heterocycles. The molecule has 0 aromatic carbocycles. The summed E-state index contributed by atoms with van der Waals surface area (Å²) in [5.41, 5.74) is 0.581. The molecular formula is C20H26FN7O. The maximum absolute atomic E-state index is 14.9. The minimum Gasteiger partial charge on any atom is -0.378 e. The highest BCUT2D eigenvalue weighted by molar-refractivity contribution is 5.48. The minimum atomic E-state index is -0.241. The van der Waals surface area contributed by atoms with E-state index in [4.69, 9.17) is 9.72 Å². The van der Waals surface area contributed by atoms with Gasteiger partial charge in [0.15, 0.2) is 11.6 Å². The lowest BCUT2D eigenvalue weighted by atomic mass is 10.2. The molecule has 1 aliphatic carbocycles. The summed E-state index contributed by atoms with van der Waals surface area (Å²) in [4.78, 5) is 24.0. The highest BCUT2D eigenvalue weighted by atomic mass is 19.1. The molecule has 0 radical (unpaired) electrons. The molecular weight excluding hydrogens is 373 g/mol. The highest BCUT2D eigenvalue weighted by Gasteiger charge is 2.33. The van der Waals surface area contributed by atoms with E-state index in [1.54, 1.807) is 0 Å². The third-order valence-electron chi connectivity index (χ3n) is 6.06. The molecule has 3 fully saturated rings. The Morgan fingerprint density at radius 1 is 1.07 bits per heavy atom. The number of hydrogen-bond acceptors (Lipinski definition) is 8. The van der Waals surface area contributed by atoms with Crippen molar-refractivity contribution < 1.29 is 9.13 Å². The van der Waals surface area contributed by atoms with E-state index in [-0.39, 0.29) is 17.8 Å². The maximum atomic E-state index is 14.9. The third-order valence-corrected chi connectivity index (χ3v) is 6.06. The molecule has 29 heavy (non-hydrogen) atoms. The number of rotatable bonds is 5. The van der Waals surface area contributed by atoms with Crippen LogP contribution in [-0.2, 0) is 4.74 Å². The molecule has 0 spiro atoms. The number of aromatic nitrogens is 4. The fraction of sp³-hybridized carbons (Fsp3) is 0.600. The van der Waals surface area contributed by atoms with Gasteiger partial charge < -0.3 is 19.4 Å². The van der Waals surface area contributed by atoms with Gasteiger partial charge in [-0.1, -0.05) is 0 Å². The van der Waals surface area contributed by atoms with Crippen molar-refractivity contribution in [2.45, 2.75) is 31.2 Å². The van der Waals surface area contributed by atoms with Gasteiger partial charge in [0.25, 0.3) is 0 Å². The predicted octanol–water partition coefficient (Wildman–Crippen LogP) is 1.83. The summed E-state index contributed by atoms with van der Waals surface area (Å²) in [6.45, 7) is 4.50. The van der Waals surface area contributed by atoms with Crippen molar-refractivity contribution >= 4 is 17.6 Å². The second-order valence-electron chi connectivity index (χ2n) is 7.98. The van der Waals surface area contributed by atoms with Crippen LogP contribution in [0.15, 0.2) is 18.6 Å². The highest BCUT2D eigenvalue weighted by Crippen LogP contribution is 2.41. The van der Waals surface area contributed by atoms with Crippen LogP contribution in [0, 0.1) is 5.82 Å². The molecule has 5 rings (SSSR count). The molecule has 0 N–H and O–H groups in total. The molecule has 154 valence electrons. The van der Waals surface area contributed by atoms with E-state index >= 15 is 0 Å². The molecule has 1 unspecified atom stereocenters. The lowest BCUT2D eigenvalue weighted by molar-refractivity contribution is 0.122. The number of halogens is 1. The number of anilines is 3. The SMILES string of the molecule is CN(c1ccnc(N2CCOCC2)n1)C1CCN(c2ncnc(C3CC3)c2F)C1. The van der Waals surface area contributed by atoms with Crippen molar-refractivity contribution in [3.63, 3.8) is 0 Å². The average molecular weight is 399 g/mol. The summed E-state index contributed by atoms with van der Waals surface area (Å²) in [6.07, 6.45) is 6.29. The fourth-order valence-corrected chi connectivity index (χ4v) is 4.12. The molecule has 4 heterocycles. The quantitative estimate of drug-likeness (QED) is 0.754. The van der Waals surface area contributed by atoms with Crippen LogP contribution in [-0.4, -0.2) is 72.4 Å². The van der Waals surface area contributed by atoms with E-state index in [2.05, 4.69) is 24.8 Å². The van der Waals surface area contributed by atoms with Crippen molar-refractivity contribution in [3.8, 4) is 0 Å². The van der Waals surface area contributed by atoms with Crippen LogP contribution in [0.25, 0.3) is 0 Å². The molecule has 0 bridgehead atoms. The summed E-state index contributed by atoms with van der Waals surface area (Å²) >= 11 is 0. The Morgan fingerprint density at radius 2 is 1.90 bits per heavy atom. The summed E-state index contributed by atoms with van der Waals surface area (Å²) in [5.74, 6) is 2.10. The zero-order valence-electron chi connectivity index (χ0n) is 16.7. The van der Waals surface area contributed by atoms with Crippen molar-refractivity contribution in [2.75, 3.05) is 61.1 Å². The first-order valence-electron chi connectivity index (χ1n) is 10.3. The Hall–Kier alpha value is -2.55. The summed E-state index contributed by atoms with van der Waals surface area (Å²) in [5, 5.41) is 0. The normalized spacial score (nSPS) is 22.2. The molecule has 2 saturated heterocycles. The smallest absolute Gasteiger partial charge is 0.227 e. The van der Waals surface area contributed by atoms with Gasteiger partial charge in [0.2, 0.25) is 5.95 Å². The van der Waals surface area contributed by atoms with Gasteiger partial charge in [0.1, 0.15) is 12.1 Å². The molecule has 2 aromatic rings. The lowest BCUT2D eigenvalue weighted by Crippen LogP contribution is -2.38. The van der Waals surface area contributed by atoms with Crippen LogP contribution in [0.5, 0.6) is 0 Å². The van der Waals surface area contributed by atoms with Crippen LogP contribution in [0.1, 0.15) is 30.9 Å². The maximum Gasteiger partial charge on any atom is 0.227 e. The van der Waals surface area contributed by atoms with Crippen LogP contribution in [0.4, 0.5) is 22.0 Å². The van der Waals surface area contributed by atoms with E-state index in [1.165, 1.54) is 6.33 Å². The molecule has 2 aliphatic heterocycles. The zero-order chi connectivity index (χ0) is 19.8. The fourth-order valence-electron chi connectivity index (χ4n) is 4.12. The van der Waals surface area contributed by atoms with Gasteiger partial charge in [-0.2, -0.15) is 4.98 Å². The van der Waals surface area contributed by atoms with Gasteiger partial charge in [-0.3, -0.25) is 0 Å². The van der Waals surface area contributed by atoms with Crippen LogP contribution in [0.2, 0.25) is 0 Å². The Balaban J connectivity index is 1.30. The van der Waals surface area contributed by atoms with Crippen molar-refractivity contribution in [2.24, 2.45) is 0 Å². The van der Waals surface area contributed by atoms with E-state index in [9.17, 15) is 4.39 Å². The Morgan fingerprint density at radius 3 is 2.69 bits per heavy atom. The average Bonchev–Trinajstić information content (AvgIpc) is 3.50. The van der Waals surface area contributed by atoms with Crippen molar-refractivity contribution in [3.05, 3.63) is 30.1 Å². The summed E-state index contributed by atoms with van der Waals surface area (Å²) in [7, 11) is 2.05. The van der Waals surface area contributed by atoms with E-state index in [0.29, 0.717) is 31.3 Å². The number of likely N-dealkylation sites (N-methyl/N-ethyl adjacent to an activating group) is 1. The minimum absolute atomic E-state index is 0.237. The Kier molecular flexibility index (Phi) is 4.91. The number of nitrogens with zero attached hydrogens (tertiary/aromatic N) is 7. The van der Waals surface area contributed by atoms with Crippen LogP contribution >= 0.6 is 0 Å².